The number of carbonyl (C=O) groups is 4. The minimum atomic E-state index is -1.82. The summed E-state index contributed by atoms with van der Waals surface area (Å²) in [6.45, 7) is 2.01. The lowest BCUT2D eigenvalue weighted by Crippen LogP contribution is -2.60. The van der Waals surface area contributed by atoms with Crippen LogP contribution in [0.2, 0.25) is 0 Å². The Hall–Kier alpha value is -1.94. The van der Waals surface area contributed by atoms with Gasteiger partial charge in [0.15, 0.2) is 9.75 Å². The summed E-state index contributed by atoms with van der Waals surface area (Å²) in [6, 6.07) is 6.90. The van der Waals surface area contributed by atoms with Gasteiger partial charge in [-0.25, -0.2) is 0 Å². The summed E-state index contributed by atoms with van der Waals surface area (Å²) < 4.78 is 5.47. The van der Waals surface area contributed by atoms with Gasteiger partial charge in [0.05, 0.1) is 23.9 Å². The van der Waals surface area contributed by atoms with Gasteiger partial charge in [0.25, 0.3) is 11.8 Å². The van der Waals surface area contributed by atoms with E-state index in [2.05, 4.69) is 15.9 Å². The zero-order valence-electron chi connectivity index (χ0n) is 19.5. The number of likely N-dealkylation sites (tertiary alicyclic amines) is 2. The molecule has 6 atom stereocenters. The van der Waals surface area contributed by atoms with E-state index in [1.807, 2.05) is 6.08 Å². The lowest BCUT2D eigenvalue weighted by Gasteiger charge is -2.50. The Morgan fingerprint density at radius 1 is 1.06 bits per heavy atom. The summed E-state index contributed by atoms with van der Waals surface area (Å²) >= 11 is 17.5. The molecule has 0 radical (unpaired) electrons. The van der Waals surface area contributed by atoms with E-state index in [1.54, 1.807) is 31.2 Å². The molecule has 0 spiro atoms. The first kappa shape index (κ1) is 25.7. The molecule has 5 rings (SSSR count). The first-order valence-electron chi connectivity index (χ1n) is 11.8. The van der Waals surface area contributed by atoms with Crippen molar-refractivity contribution in [1.82, 2.24) is 9.80 Å². The number of carbonyl (C=O) groups excluding carboxylic acids is 4. The van der Waals surface area contributed by atoms with E-state index < -0.39 is 45.2 Å². The van der Waals surface area contributed by atoms with Crippen molar-refractivity contribution in [3.63, 3.8) is 0 Å². The number of amides is 4. The zero-order chi connectivity index (χ0) is 26.0. The fourth-order valence-electron chi connectivity index (χ4n) is 6.42. The Balaban J connectivity index is 1.66. The molecule has 8 nitrogen and oxygen atoms in total. The molecule has 1 N–H and O–H groups in total. The van der Waals surface area contributed by atoms with Crippen molar-refractivity contribution in [3.05, 3.63) is 41.5 Å². The van der Waals surface area contributed by atoms with Crippen LogP contribution in [-0.4, -0.2) is 73.5 Å². The van der Waals surface area contributed by atoms with Gasteiger partial charge < -0.3 is 9.84 Å². The summed E-state index contributed by atoms with van der Waals surface area (Å²) in [6.07, 6.45) is 2.23. The summed E-state index contributed by atoms with van der Waals surface area (Å²) in [5.74, 6) is -3.70. The van der Waals surface area contributed by atoms with Crippen LogP contribution < -0.4 is 4.74 Å². The zero-order valence-corrected chi connectivity index (χ0v) is 22.6. The van der Waals surface area contributed by atoms with Crippen LogP contribution in [0, 0.1) is 17.8 Å². The molecule has 11 heteroatoms. The van der Waals surface area contributed by atoms with Crippen molar-refractivity contribution in [2.24, 2.45) is 17.8 Å². The number of halogens is 3. The monoisotopic (exact) mass is 598 g/mol. The topological polar surface area (TPSA) is 104 Å². The largest absolute Gasteiger partial charge is 0.491 e. The van der Waals surface area contributed by atoms with Crippen LogP contribution >= 0.6 is 39.1 Å². The summed E-state index contributed by atoms with van der Waals surface area (Å²) in [4.78, 5) is 52.2. The Kier molecular flexibility index (Phi) is 6.51. The van der Waals surface area contributed by atoms with Gasteiger partial charge in [0, 0.05) is 12.5 Å². The van der Waals surface area contributed by atoms with Gasteiger partial charge >= 0.3 is 0 Å². The Morgan fingerprint density at radius 3 is 2.36 bits per heavy atom. The second-order valence-electron chi connectivity index (χ2n) is 9.55. The van der Waals surface area contributed by atoms with Gasteiger partial charge in [0.1, 0.15) is 12.4 Å². The molecule has 36 heavy (non-hydrogen) atoms. The fourth-order valence-corrected chi connectivity index (χ4v) is 7.85. The molecule has 0 bridgehead atoms. The second-order valence-corrected chi connectivity index (χ2v) is 11.3. The Labute approximate surface area is 226 Å². The maximum Gasteiger partial charge on any atom is 0.254 e. The van der Waals surface area contributed by atoms with Gasteiger partial charge in [-0.1, -0.05) is 39.7 Å². The molecular weight excluding hydrogens is 575 g/mol. The third kappa shape index (κ3) is 3.28. The molecule has 1 aromatic rings. The lowest BCUT2D eigenvalue weighted by atomic mass is 9.56. The van der Waals surface area contributed by atoms with E-state index in [-0.39, 0.29) is 43.4 Å². The maximum atomic E-state index is 13.7. The highest BCUT2D eigenvalue weighted by molar-refractivity contribution is 9.09. The van der Waals surface area contributed by atoms with Crippen LogP contribution in [0.1, 0.15) is 31.2 Å². The van der Waals surface area contributed by atoms with E-state index >= 15 is 0 Å². The molecular formula is C25H25BrCl2N2O6. The third-order valence-corrected chi connectivity index (χ3v) is 9.91. The number of rotatable bonds is 6. The SMILES string of the molecule is CCN1C(=O)C2CC=C3C(CC4(Cl)C(=O)N(CBr)C(=O)C4(Cl)C3c3ccc(OCCO)cc3)C2C1=O. The van der Waals surface area contributed by atoms with Crippen LogP contribution in [0.5, 0.6) is 5.75 Å². The smallest absolute Gasteiger partial charge is 0.254 e. The van der Waals surface area contributed by atoms with Crippen LogP contribution in [0.3, 0.4) is 0 Å². The number of aliphatic hydroxyl groups is 1. The number of ether oxygens (including phenoxy) is 1. The first-order chi connectivity index (χ1) is 17.1. The van der Waals surface area contributed by atoms with Crippen molar-refractivity contribution in [1.29, 1.82) is 0 Å². The summed E-state index contributed by atoms with van der Waals surface area (Å²) in [5, 5.41) is 9.04. The minimum Gasteiger partial charge on any atom is -0.491 e. The number of imide groups is 2. The van der Waals surface area contributed by atoms with Crippen LogP contribution in [-0.2, 0) is 19.2 Å². The number of allylic oxidation sites excluding steroid dienone is 2. The van der Waals surface area contributed by atoms with Crippen LogP contribution in [0.4, 0.5) is 0 Å². The fraction of sp³-hybridized carbons (Fsp3) is 0.520. The summed E-state index contributed by atoms with van der Waals surface area (Å²) in [5.41, 5.74) is 1.33. The van der Waals surface area contributed by atoms with Crippen molar-refractivity contribution in [2.45, 2.75) is 35.4 Å². The quantitative estimate of drug-likeness (QED) is 0.233. The molecule has 4 amide bonds. The first-order valence-corrected chi connectivity index (χ1v) is 13.7. The lowest BCUT2D eigenvalue weighted by molar-refractivity contribution is -0.141. The van der Waals surface area contributed by atoms with Gasteiger partial charge in [-0.05, 0) is 43.4 Å². The minimum absolute atomic E-state index is 0.0239. The standard InChI is InChI=1S/C25H25BrCl2N2O6/c1-2-29-20(32)16-8-7-15-17(18(16)21(29)33)11-24(27)22(34)30(12-26)23(35)25(24,28)19(15)13-3-5-14(6-4-13)36-10-9-31/h3-7,16-19,31H,2,8-12H2,1H3. The van der Waals surface area contributed by atoms with Crippen molar-refractivity contribution < 1.29 is 29.0 Å². The highest BCUT2D eigenvalue weighted by Gasteiger charge is 2.76. The number of benzene rings is 1. The van der Waals surface area contributed by atoms with E-state index in [1.165, 1.54) is 4.90 Å². The molecule has 2 heterocycles. The highest BCUT2D eigenvalue weighted by atomic mass is 79.9. The van der Waals surface area contributed by atoms with Crippen molar-refractivity contribution >= 4 is 62.8 Å². The van der Waals surface area contributed by atoms with Gasteiger partial charge in [0.2, 0.25) is 11.8 Å². The predicted molar refractivity (Wildman–Crippen MR) is 135 cm³/mol. The average molecular weight is 600 g/mol. The van der Waals surface area contributed by atoms with Gasteiger partial charge in [-0.15, -0.1) is 23.2 Å². The van der Waals surface area contributed by atoms with Crippen LogP contribution in [0.15, 0.2) is 35.9 Å². The second kappa shape index (κ2) is 9.11. The summed E-state index contributed by atoms with van der Waals surface area (Å²) in [7, 11) is 0. The molecule has 192 valence electrons. The Bertz CT molecular complexity index is 1180. The molecule has 2 aliphatic carbocycles. The molecule has 1 aromatic carbocycles. The number of nitrogens with zero attached hydrogens (tertiary/aromatic N) is 2. The number of aliphatic hydroxyl groups excluding tert-OH is 1. The average Bonchev–Trinajstić information content (AvgIpc) is 3.20. The van der Waals surface area contributed by atoms with Gasteiger partial charge in [-0.3, -0.25) is 29.0 Å². The maximum absolute atomic E-state index is 13.7. The molecule has 3 fully saturated rings. The van der Waals surface area contributed by atoms with E-state index in [0.717, 1.165) is 10.5 Å². The number of hydrogen-bond acceptors (Lipinski definition) is 6. The highest BCUT2D eigenvalue weighted by Crippen LogP contribution is 2.65. The van der Waals surface area contributed by atoms with Crippen molar-refractivity contribution in [3.8, 4) is 5.75 Å². The van der Waals surface area contributed by atoms with E-state index in [9.17, 15) is 19.2 Å². The van der Waals surface area contributed by atoms with E-state index in [4.69, 9.17) is 33.0 Å². The third-order valence-electron chi connectivity index (χ3n) is 8.00. The van der Waals surface area contributed by atoms with E-state index in [0.29, 0.717) is 17.7 Å². The van der Waals surface area contributed by atoms with Crippen LogP contribution in [0.25, 0.3) is 0 Å². The number of fused-ring (bicyclic) bond motifs is 4. The van der Waals surface area contributed by atoms with Gasteiger partial charge in [-0.2, -0.15) is 0 Å². The molecule has 6 unspecified atom stereocenters. The normalized spacial score (nSPS) is 35.5. The number of alkyl halides is 3. The van der Waals surface area contributed by atoms with Crippen molar-refractivity contribution in [2.75, 3.05) is 25.2 Å². The number of hydrogen-bond donors (Lipinski definition) is 1. The molecule has 4 aliphatic rings. The molecule has 2 saturated heterocycles. The Morgan fingerprint density at radius 2 is 1.75 bits per heavy atom. The molecule has 2 aliphatic heterocycles. The molecule has 1 saturated carbocycles. The predicted octanol–water partition coefficient (Wildman–Crippen LogP) is 2.79. The molecule has 0 aromatic heterocycles.